The number of fused-ring (bicyclic) bond motifs is 3. The van der Waals surface area contributed by atoms with E-state index >= 15 is 0 Å². The van der Waals surface area contributed by atoms with Gasteiger partial charge in [-0.05, 0) is 17.7 Å². The highest BCUT2D eigenvalue weighted by atomic mass is 32.1. The zero-order valence-corrected chi connectivity index (χ0v) is 13.4. The average Bonchev–Trinajstić information content (AvgIpc) is 3.02. The number of nitrogens with zero attached hydrogens (tertiary/aromatic N) is 1. The number of ketones is 1. The van der Waals surface area contributed by atoms with E-state index < -0.39 is 31.5 Å². The van der Waals surface area contributed by atoms with Crippen molar-refractivity contribution >= 4 is 24.7 Å². The summed E-state index contributed by atoms with van der Waals surface area (Å²) in [6.45, 7) is 0. The van der Waals surface area contributed by atoms with Crippen LogP contribution >= 0.6 is 18.9 Å². The molecule has 0 radical (unpaired) electrons. The van der Waals surface area contributed by atoms with E-state index in [0.717, 1.165) is 12.1 Å². The van der Waals surface area contributed by atoms with Gasteiger partial charge in [-0.15, -0.1) is 11.3 Å². The van der Waals surface area contributed by atoms with Gasteiger partial charge in [-0.25, -0.2) is 4.98 Å². The molecular formula is C13H9F3NO5PS. The number of benzene rings is 1. The Balaban J connectivity index is 2.11. The Labute approximate surface area is 137 Å². The van der Waals surface area contributed by atoms with Crippen LogP contribution in [-0.2, 0) is 11.0 Å². The smallest absolute Gasteiger partial charge is 0.454 e. The Morgan fingerprint density at radius 1 is 1.38 bits per heavy atom. The third-order valence-electron chi connectivity index (χ3n) is 3.38. The van der Waals surface area contributed by atoms with Gasteiger partial charge in [-0.3, -0.25) is 9.36 Å². The lowest BCUT2D eigenvalue weighted by atomic mass is 9.98. The fourth-order valence-electron chi connectivity index (χ4n) is 2.47. The van der Waals surface area contributed by atoms with Gasteiger partial charge in [0, 0.05) is 22.4 Å². The minimum absolute atomic E-state index is 0.0169. The van der Waals surface area contributed by atoms with E-state index in [9.17, 15) is 22.5 Å². The first-order valence-corrected chi connectivity index (χ1v) is 9.13. The van der Waals surface area contributed by atoms with E-state index in [1.54, 1.807) is 0 Å². The molecule has 11 heteroatoms. The Morgan fingerprint density at radius 3 is 2.71 bits per heavy atom. The molecule has 1 aromatic heterocycles. The molecule has 3 rings (SSSR count). The van der Waals surface area contributed by atoms with Gasteiger partial charge in [0.2, 0.25) is 0 Å². The van der Waals surface area contributed by atoms with Crippen molar-refractivity contribution in [2.45, 2.75) is 12.6 Å². The van der Waals surface area contributed by atoms with Gasteiger partial charge in [-0.2, -0.15) is 13.2 Å². The second-order valence-electron chi connectivity index (χ2n) is 5.03. The number of hydrogen-bond donors (Lipinski definition) is 2. The highest BCUT2D eigenvalue weighted by Crippen LogP contribution is 2.47. The summed E-state index contributed by atoms with van der Waals surface area (Å²) in [5, 5.41) is 0. The summed E-state index contributed by atoms with van der Waals surface area (Å²) in [7, 11) is -4.47. The molecule has 0 aliphatic heterocycles. The first-order valence-electron chi connectivity index (χ1n) is 6.45. The van der Waals surface area contributed by atoms with E-state index in [0.29, 0.717) is 10.6 Å². The maximum atomic E-state index is 12.8. The topological polar surface area (TPSA) is 96.7 Å². The monoisotopic (exact) mass is 379 g/mol. The van der Waals surface area contributed by atoms with Gasteiger partial charge < -0.3 is 14.5 Å². The molecular weight excluding hydrogens is 370 g/mol. The molecule has 1 aliphatic carbocycles. The molecule has 0 unspecified atom stereocenters. The van der Waals surface area contributed by atoms with Crippen LogP contribution in [0.5, 0.6) is 5.75 Å². The highest BCUT2D eigenvalue weighted by molar-refractivity contribution is 7.51. The third-order valence-corrected chi connectivity index (χ3v) is 4.68. The fourth-order valence-corrected chi connectivity index (χ4v) is 3.56. The number of thiazole rings is 1. The zero-order valence-electron chi connectivity index (χ0n) is 11.7. The summed E-state index contributed by atoms with van der Waals surface area (Å²) >= 11 is 1.22. The normalized spacial score (nSPS) is 13.5. The number of Topliss-reactive ketones (excluding diaryl/α,β-unsaturated/α-hetero) is 1. The molecule has 24 heavy (non-hydrogen) atoms. The SMILES string of the molecule is O=C(c1ccc(OCP(=O)(O)O)c2c1Cc1scnc1-2)C(F)(F)F. The van der Waals surface area contributed by atoms with Crippen LogP contribution in [0.4, 0.5) is 13.2 Å². The molecule has 0 saturated carbocycles. The summed E-state index contributed by atoms with van der Waals surface area (Å²) in [4.78, 5) is 34.1. The Morgan fingerprint density at radius 2 is 2.08 bits per heavy atom. The molecule has 0 saturated heterocycles. The zero-order chi connectivity index (χ0) is 17.7. The number of halogens is 3. The summed E-state index contributed by atoms with van der Waals surface area (Å²) in [6, 6.07) is 2.06. The van der Waals surface area contributed by atoms with E-state index in [1.165, 1.54) is 16.8 Å². The number of carbonyl (C=O) groups is 1. The van der Waals surface area contributed by atoms with Crippen molar-refractivity contribution in [1.82, 2.24) is 4.98 Å². The van der Waals surface area contributed by atoms with E-state index in [4.69, 9.17) is 14.5 Å². The van der Waals surface area contributed by atoms with Gasteiger partial charge >= 0.3 is 13.8 Å². The number of ether oxygens (including phenoxy) is 1. The lowest BCUT2D eigenvalue weighted by Gasteiger charge is -2.15. The molecule has 0 bridgehead atoms. The molecule has 128 valence electrons. The predicted molar refractivity (Wildman–Crippen MR) is 78.3 cm³/mol. The number of hydrogen-bond acceptors (Lipinski definition) is 5. The van der Waals surface area contributed by atoms with E-state index in [-0.39, 0.29) is 23.3 Å². The first kappa shape index (κ1) is 17.1. The summed E-state index contributed by atoms with van der Waals surface area (Å²) < 4.78 is 54.3. The number of aromatic nitrogens is 1. The van der Waals surface area contributed by atoms with E-state index in [1.807, 2.05) is 0 Å². The molecule has 0 spiro atoms. The number of carbonyl (C=O) groups excluding carboxylic acids is 1. The fraction of sp³-hybridized carbons (Fsp3) is 0.231. The van der Waals surface area contributed by atoms with Crippen LogP contribution in [0.1, 0.15) is 20.8 Å². The van der Waals surface area contributed by atoms with Gasteiger partial charge in [0.1, 0.15) is 5.75 Å². The van der Waals surface area contributed by atoms with Crippen molar-refractivity contribution in [3.05, 3.63) is 33.6 Å². The predicted octanol–water partition coefficient (Wildman–Crippen LogP) is 2.97. The van der Waals surface area contributed by atoms with Crippen LogP contribution in [-0.4, -0.2) is 33.1 Å². The van der Waals surface area contributed by atoms with E-state index in [2.05, 4.69) is 4.98 Å². The summed E-state index contributed by atoms with van der Waals surface area (Å²) in [5.41, 5.74) is 1.64. The summed E-state index contributed by atoms with van der Waals surface area (Å²) in [5.74, 6) is -1.99. The molecule has 0 fully saturated rings. The largest absolute Gasteiger partial charge is 0.480 e. The third kappa shape index (κ3) is 3.10. The van der Waals surface area contributed by atoms with Crippen molar-refractivity contribution in [3.8, 4) is 17.0 Å². The average molecular weight is 379 g/mol. The second kappa shape index (κ2) is 5.66. The molecule has 2 aromatic rings. The summed E-state index contributed by atoms with van der Waals surface area (Å²) in [6.07, 6.45) is -5.86. The number of alkyl halides is 3. The highest BCUT2D eigenvalue weighted by Gasteiger charge is 2.42. The van der Waals surface area contributed by atoms with Crippen molar-refractivity contribution in [1.29, 1.82) is 0 Å². The lowest BCUT2D eigenvalue weighted by molar-refractivity contribution is -0.0885. The standard InChI is InChI=1S/C13H9F3NO5PS/c14-13(15,16)12(18)6-1-2-8(22-5-23(19,20)21)10-7(6)3-9-11(10)17-4-24-9/h1-2,4H,3,5H2,(H2,19,20,21). The van der Waals surface area contributed by atoms with Crippen molar-refractivity contribution < 1.29 is 37.1 Å². The minimum Gasteiger partial charge on any atom is -0.480 e. The molecule has 2 N–H and O–H groups in total. The van der Waals surface area contributed by atoms with Crippen molar-refractivity contribution in [2.24, 2.45) is 0 Å². The van der Waals surface area contributed by atoms with Crippen LogP contribution < -0.4 is 4.74 Å². The van der Waals surface area contributed by atoms with Crippen LogP contribution in [0.25, 0.3) is 11.3 Å². The first-order chi connectivity index (χ1) is 11.1. The lowest BCUT2D eigenvalue weighted by Crippen LogP contribution is -2.24. The Bertz CT molecular complexity index is 873. The quantitative estimate of drug-likeness (QED) is 0.534. The van der Waals surface area contributed by atoms with Crippen LogP contribution in [0.15, 0.2) is 17.6 Å². The Kier molecular flexibility index (Phi) is 4.03. The second-order valence-corrected chi connectivity index (χ2v) is 7.56. The van der Waals surface area contributed by atoms with Crippen molar-refractivity contribution in [2.75, 3.05) is 6.35 Å². The molecule has 1 heterocycles. The number of rotatable bonds is 4. The van der Waals surface area contributed by atoms with Crippen LogP contribution in [0.2, 0.25) is 0 Å². The maximum Gasteiger partial charge on any atom is 0.454 e. The maximum absolute atomic E-state index is 12.8. The molecule has 6 nitrogen and oxygen atoms in total. The van der Waals surface area contributed by atoms with Gasteiger partial charge in [0.05, 0.1) is 11.2 Å². The minimum atomic E-state index is -5.02. The van der Waals surface area contributed by atoms with Crippen LogP contribution in [0, 0.1) is 0 Å². The van der Waals surface area contributed by atoms with Crippen molar-refractivity contribution in [3.63, 3.8) is 0 Å². The molecule has 1 aliphatic rings. The molecule has 0 atom stereocenters. The molecule has 1 aromatic carbocycles. The van der Waals surface area contributed by atoms with Gasteiger partial charge in [-0.1, -0.05) is 0 Å². The van der Waals surface area contributed by atoms with Crippen LogP contribution in [0.3, 0.4) is 0 Å². The Hall–Kier alpha value is -1.74. The molecule has 0 amide bonds. The van der Waals surface area contributed by atoms with Gasteiger partial charge in [0.25, 0.3) is 5.78 Å². The van der Waals surface area contributed by atoms with Gasteiger partial charge in [0.15, 0.2) is 6.35 Å².